The Balaban J connectivity index is 2.30. The molecule has 0 unspecified atom stereocenters. The Morgan fingerprint density at radius 2 is 1.71 bits per heavy atom. The van der Waals surface area contributed by atoms with E-state index in [2.05, 4.69) is 31.9 Å². The van der Waals surface area contributed by atoms with E-state index in [1.165, 1.54) is 12.1 Å². The second-order valence-electron chi connectivity index (χ2n) is 3.36. The van der Waals surface area contributed by atoms with E-state index in [1.54, 1.807) is 12.1 Å². The van der Waals surface area contributed by atoms with Crippen molar-refractivity contribution in [2.75, 3.05) is 5.73 Å². The second-order valence-corrected chi connectivity index (χ2v) is 5.13. The third-order valence-electron chi connectivity index (χ3n) is 2.09. The van der Waals surface area contributed by atoms with Crippen molar-refractivity contribution in [2.45, 2.75) is 0 Å². The van der Waals surface area contributed by atoms with Crippen molar-refractivity contribution in [3.63, 3.8) is 0 Å². The number of halogens is 3. The van der Waals surface area contributed by atoms with Crippen molar-refractivity contribution >= 4 is 37.5 Å². The first-order valence-corrected chi connectivity index (χ1v) is 6.33. The van der Waals surface area contributed by atoms with Crippen LogP contribution in [-0.4, -0.2) is 0 Å². The lowest BCUT2D eigenvalue weighted by molar-refractivity contribution is 0.478. The minimum absolute atomic E-state index is 0.299. The number of rotatable bonds is 2. The van der Waals surface area contributed by atoms with Crippen LogP contribution in [0.1, 0.15) is 0 Å². The van der Waals surface area contributed by atoms with Crippen molar-refractivity contribution < 1.29 is 9.13 Å². The minimum atomic E-state index is -0.411. The molecule has 2 rings (SSSR count). The van der Waals surface area contributed by atoms with Gasteiger partial charge in [-0.15, -0.1) is 0 Å². The number of hydrogen-bond donors (Lipinski definition) is 1. The molecule has 0 fully saturated rings. The van der Waals surface area contributed by atoms with Crippen molar-refractivity contribution in [1.29, 1.82) is 0 Å². The fraction of sp³-hybridized carbons (Fsp3) is 0. The van der Waals surface area contributed by atoms with E-state index < -0.39 is 5.82 Å². The Morgan fingerprint density at radius 3 is 2.35 bits per heavy atom. The predicted molar refractivity (Wildman–Crippen MR) is 72.7 cm³/mol. The molecule has 0 radical (unpaired) electrons. The van der Waals surface area contributed by atoms with Crippen LogP contribution in [0, 0.1) is 5.82 Å². The summed E-state index contributed by atoms with van der Waals surface area (Å²) in [5, 5.41) is 0. The van der Waals surface area contributed by atoms with Crippen LogP contribution in [0.15, 0.2) is 45.3 Å². The van der Waals surface area contributed by atoms with Gasteiger partial charge < -0.3 is 10.5 Å². The van der Waals surface area contributed by atoms with Gasteiger partial charge in [-0.05, 0) is 46.3 Å². The number of hydrogen-bond acceptors (Lipinski definition) is 2. The molecular weight excluding hydrogens is 353 g/mol. The summed E-state index contributed by atoms with van der Waals surface area (Å²) in [5.74, 6) is 0.487. The molecule has 2 N–H and O–H groups in total. The summed E-state index contributed by atoms with van der Waals surface area (Å²) in [4.78, 5) is 0. The lowest BCUT2D eigenvalue weighted by Gasteiger charge is -2.09. The molecule has 0 saturated heterocycles. The molecule has 2 aromatic rings. The Morgan fingerprint density at radius 1 is 1.06 bits per heavy atom. The normalized spacial score (nSPS) is 10.3. The smallest absolute Gasteiger partial charge is 0.153 e. The second kappa shape index (κ2) is 5.06. The lowest BCUT2D eigenvalue weighted by atomic mass is 10.3. The van der Waals surface area contributed by atoms with E-state index in [-0.39, 0.29) is 0 Å². The molecular formula is C12H8Br2FNO. The predicted octanol–water partition coefficient (Wildman–Crippen LogP) is 4.73. The van der Waals surface area contributed by atoms with E-state index in [1.807, 2.05) is 12.1 Å². The highest BCUT2D eigenvalue weighted by Gasteiger charge is 2.08. The van der Waals surface area contributed by atoms with Gasteiger partial charge in [0.05, 0.1) is 10.2 Å². The number of ether oxygens (including phenoxy) is 1. The van der Waals surface area contributed by atoms with Crippen LogP contribution in [0.5, 0.6) is 11.5 Å². The molecule has 0 heterocycles. The van der Waals surface area contributed by atoms with Gasteiger partial charge in [0, 0.05) is 10.5 Å². The maximum Gasteiger partial charge on any atom is 0.153 e. The Hall–Kier alpha value is -1.07. The molecule has 0 aromatic heterocycles. The van der Waals surface area contributed by atoms with Crippen LogP contribution in [0.25, 0.3) is 0 Å². The largest absolute Gasteiger partial charge is 0.455 e. The van der Waals surface area contributed by atoms with Gasteiger partial charge in [-0.25, -0.2) is 4.39 Å². The molecule has 0 atom stereocenters. The molecule has 0 spiro atoms. The molecule has 2 aromatic carbocycles. The molecule has 5 heteroatoms. The van der Waals surface area contributed by atoms with Gasteiger partial charge in [-0.2, -0.15) is 0 Å². The summed E-state index contributed by atoms with van der Waals surface area (Å²) in [5.41, 5.74) is 6.11. The van der Waals surface area contributed by atoms with Crippen LogP contribution in [0.4, 0.5) is 10.1 Å². The summed E-state index contributed by atoms with van der Waals surface area (Å²) >= 11 is 6.38. The van der Waals surface area contributed by atoms with Gasteiger partial charge in [0.15, 0.2) is 5.75 Å². The Kier molecular flexibility index (Phi) is 3.69. The molecule has 0 bridgehead atoms. The van der Waals surface area contributed by atoms with Crippen molar-refractivity contribution in [1.82, 2.24) is 0 Å². The van der Waals surface area contributed by atoms with E-state index in [0.717, 1.165) is 4.47 Å². The fourth-order valence-electron chi connectivity index (χ4n) is 1.26. The zero-order valence-corrected chi connectivity index (χ0v) is 11.8. The first kappa shape index (κ1) is 12.4. The minimum Gasteiger partial charge on any atom is -0.455 e. The van der Waals surface area contributed by atoms with E-state index in [0.29, 0.717) is 21.7 Å². The highest BCUT2D eigenvalue weighted by molar-refractivity contribution is 9.10. The molecule has 0 aliphatic heterocycles. The standard InChI is InChI=1S/C12H8Br2FNO/c13-7-1-3-8(4-2-7)17-12-6-10(15)9(14)5-11(12)16/h1-6H,16H2. The van der Waals surface area contributed by atoms with Crippen LogP contribution < -0.4 is 10.5 Å². The van der Waals surface area contributed by atoms with E-state index in [9.17, 15) is 4.39 Å². The van der Waals surface area contributed by atoms with Gasteiger partial charge in [0.2, 0.25) is 0 Å². The van der Waals surface area contributed by atoms with Gasteiger partial charge in [-0.1, -0.05) is 15.9 Å². The molecule has 0 aliphatic rings. The van der Waals surface area contributed by atoms with Crippen LogP contribution in [0.2, 0.25) is 0 Å². The molecule has 0 saturated carbocycles. The number of anilines is 1. The zero-order valence-electron chi connectivity index (χ0n) is 8.58. The fourth-order valence-corrected chi connectivity index (χ4v) is 1.89. The van der Waals surface area contributed by atoms with E-state index >= 15 is 0 Å². The highest BCUT2D eigenvalue weighted by Crippen LogP contribution is 2.32. The first-order chi connectivity index (χ1) is 8.06. The maximum absolute atomic E-state index is 13.3. The third-order valence-corrected chi connectivity index (χ3v) is 3.23. The van der Waals surface area contributed by atoms with Crippen LogP contribution >= 0.6 is 31.9 Å². The number of benzene rings is 2. The van der Waals surface area contributed by atoms with Crippen molar-refractivity contribution in [3.05, 3.63) is 51.2 Å². The van der Waals surface area contributed by atoms with Crippen LogP contribution in [0.3, 0.4) is 0 Å². The van der Waals surface area contributed by atoms with Crippen molar-refractivity contribution in [2.24, 2.45) is 0 Å². The van der Waals surface area contributed by atoms with Gasteiger partial charge >= 0.3 is 0 Å². The molecule has 17 heavy (non-hydrogen) atoms. The maximum atomic E-state index is 13.3. The monoisotopic (exact) mass is 359 g/mol. The molecule has 0 amide bonds. The highest BCUT2D eigenvalue weighted by atomic mass is 79.9. The Labute approximate surface area is 115 Å². The zero-order chi connectivity index (χ0) is 12.4. The average Bonchev–Trinajstić information content (AvgIpc) is 2.29. The number of nitrogen functional groups attached to an aromatic ring is 1. The summed E-state index contributed by atoms with van der Waals surface area (Å²) in [7, 11) is 0. The summed E-state index contributed by atoms with van der Waals surface area (Å²) in [6.45, 7) is 0. The van der Waals surface area contributed by atoms with Gasteiger partial charge in [0.1, 0.15) is 11.6 Å². The number of nitrogens with two attached hydrogens (primary N) is 1. The molecule has 0 aliphatic carbocycles. The Bertz CT molecular complexity index is 543. The van der Waals surface area contributed by atoms with Crippen molar-refractivity contribution in [3.8, 4) is 11.5 Å². The SMILES string of the molecule is Nc1cc(Br)c(F)cc1Oc1ccc(Br)cc1. The van der Waals surface area contributed by atoms with Gasteiger partial charge in [-0.3, -0.25) is 0 Å². The summed E-state index contributed by atoms with van der Waals surface area (Å²) < 4.78 is 20.1. The third kappa shape index (κ3) is 2.98. The van der Waals surface area contributed by atoms with Crippen LogP contribution in [-0.2, 0) is 0 Å². The topological polar surface area (TPSA) is 35.2 Å². The quantitative estimate of drug-likeness (QED) is 0.786. The first-order valence-electron chi connectivity index (χ1n) is 4.74. The summed E-state index contributed by atoms with van der Waals surface area (Å²) in [6, 6.07) is 9.93. The van der Waals surface area contributed by atoms with Gasteiger partial charge in [0.25, 0.3) is 0 Å². The lowest BCUT2D eigenvalue weighted by Crippen LogP contribution is -1.93. The molecule has 2 nitrogen and oxygen atoms in total. The summed E-state index contributed by atoms with van der Waals surface area (Å²) in [6.07, 6.45) is 0. The average molecular weight is 361 g/mol. The molecule has 88 valence electrons. The van der Waals surface area contributed by atoms with E-state index in [4.69, 9.17) is 10.5 Å².